The number of carbonyl (C=O) groups excluding carboxylic acids is 2. The standard InChI is InChI=1S/C20H20ClNO5/c1-25-17-8-9-18-14(11-17)3-2-10-22(18)19(23)12-27-20(24)13-26-16-6-4-15(21)5-7-16/h4-9,11H,2-3,10,12-13H2,1H3. The Hall–Kier alpha value is -2.73. The molecule has 0 radical (unpaired) electrons. The maximum absolute atomic E-state index is 12.5. The highest BCUT2D eigenvalue weighted by atomic mass is 35.5. The van der Waals surface area contributed by atoms with Crippen LogP contribution in [0.3, 0.4) is 0 Å². The van der Waals surface area contributed by atoms with Crippen molar-refractivity contribution in [3.8, 4) is 11.5 Å². The van der Waals surface area contributed by atoms with E-state index in [0.29, 0.717) is 17.3 Å². The van der Waals surface area contributed by atoms with Gasteiger partial charge < -0.3 is 19.1 Å². The fraction of sp³-hybridized carbons (Fsp3) is 0.300. The number of nitrogens with zero attached hydrogens (tertiary/aromatic N) is 1. The van der Waals surface area contributed by atoms with Crippen molar-refractivity contribution >= 4 is 29.2 Å². The summed E-state index contributed by atoms with van der Waals surface area (Å²) in [5.41, 5.74) is 1.88. The minimum absolute atomic E-state index is 0.263. The van der Waals surface area contributed by atoms with Crippen molar-refractivity contribution in [2.45, 2.75) is 12.8 Å². The zero-order valence-corrected chi connectivity index (χ0v) is 15.7. The molecule has 1 aliphatic heterocycles. The largest absolute Gasteiger partial charge is 0.497 e. The molecule has 3 rings (SSSR count). The molecule has 0 aliphatic carbocycles. The smallest absolute Gasteiger partial charge is 0.344 e. The summed E-state index contributed by atoms with van der Waals surface area (Å²) < 4.78 is 15.6. The van der Waals surface area contributed by atoms with Crippen LogP contribution in [0.2, 0.25) is 5.02 Å². The van der Waals surface area contributed by atoms with Crippen LogP contribution < -0.4 is 14.4 Å². The Morgan fingerprint density at radius 2 is 1.81 bits per heavy atom. The summed E-state index contributed by atoms with van der Waals surface area (Å²) in [5, 5.41) is 0.579. The van der Waals surface area contributed by atoms with Gasteiger partial charge in [0.25, 0.3) is 5.91 Å². The molecule has 2 aromatic carbocycles. The lowest BCUT2D eigenvalue weighted by Gasteiger charge is -2.29. The summed E-state index contributed by atoms with van der Waals surface area (Å²) in [7, 11) is 1.61. The molecule has 0 N–H and O–H groups in total. The van der Waals surface area contributed by atoms with Gasteiger partial charge in [-0.15, -0.1) is 0 Å². The molecule has 0 spiro atoms. The fourth-order valence-electron chi connectivity index (χ4n) is 2.89. The van der Waals surface area contributed by atoms with Gasteiger partial charge >= 0.3 is 5.97 Å². The number of fused-ring (bicyclic) bond motifs is 1. The van der Waals surface area contributed by atoms with Gasteiger partial charge in [-0.25, -0.2) is 4.79 Å². The third kappa shape index (κ3) is 4.92. The van der Waals surface area contributed by atoms with Crippen LogP contribution in [-0.2, 0) is 20.7 Å². The van der Waals surface area contributed by atoms with Crippen LogP contribution >= 0.6 is 11.6 Å². The summed E-state index contributed by atoms with van der Waals surface area (Å²) in [5.74, 6) is 0.390. The van der Waals surface area contributed by atoms with E-state index in [4.69, 9.17) is 25.8 Å². The van der Waals surface area contributed by atoms with Crippen LogP contribution in [0.5, 0.6) is 11.5 Å². The molecule has 0 saturated carbocycles. The second kappa shape index (κ2) is 8.77. The third-order valence-electron chi connectivity index (χ3n) is 4.23. The van der Waals surface area contributed by atoms with Crippen molar-refractivity contribution in [1.29, 1.82) is 0 Å². The first-order chi connectivity index (χ1) is 13.1. The molecule has 7 heteroatoms. The lowest BCUT2D eigenvalue weighted by molar-refractivity contribution is -0.149. The Morgan fingerprint density at radius 1 is 1.07 bits per heavy atom. The predicted octanol–water partition coefficient (Wildman–Crippen LogP) is 3.25. The number of aryl methyl sites for hydroxylation is 1. The number of benzene rings is 2. The van der Waals surface area contributed by atoms with E-state index >= 15 is 0 Å². The number of rotatable bonds is 6. The fourth-order valence-corrected chi connectivity index (χ4v) is 3.02. The second-order valence-corrected chi connectivity index (χ2v) is 6.48. The molecular formula is C20H20ClNO5. The number of esters is 1. The molecule has 1 aliphatic rings. The summed E-state index contributed by atoms with van der Waals surface area (Å²) in [6.45, 7) is -0.00599. The van der Waals surface area contributed by atoms with Crippen molar-refractivity contribution in [3.05, 3.63) is 53.1 Å². The van der Waals surface area contributed by atoms with Crippen molar-refractivity contribution in [1.82, 2.24) is 0 Å². The van der Waals surface area contributed by atoms with E-state index in [0.717, 1.165) is 29.8 Å². The zero-order valence-electron chi connectivity index (χ0n) is 14.9. The summed E-state index contributed by atoms with van der Waals surface area (Å²) >= 11 is 5.79. The Labute approximate surface area is 162 Å². The first-order valence-corrected chi connectivity index (χ1v) is 8.96. The van der Waals surface area contributed by atoms with Gasteiger partial charge in [0.15, 0.2) is 13.2 Å². The van der Waals surface area contributed by atoms with Gasteiger partial charge in [0.2, 0.25) is 0 Å². The lowest BCUT2D eigenvalue weighted by Crippen LogP contribution is -2.38. The highest BCUT2D eigenvalue weighted by molar-refractivity contribution is 6.30. The van der Waals surface area contributed by atoms with Crippen LogP contribution in [0, 0.1) is 0 Å². The van der Waals surface area contributed by atoms with Gasteiger partial charge in [0.1, 0.15) is 11.5 Å². The quantitative estimate of drug-likeness (QED) is 0.709. The SMILES string of the molecule is COc1ccc2c(c1)CCCN2C(=O)COC(=O)COc1ccc(Cl)cc1. The van der Waals surface area contributed by atoms with Gasteiger partial charge in [-0.05, 0) is 60.9 Å². The number of hydrogen-bond acceptors (Lipinski definition) is 5. The number of carbonyl (C=O) groups is 2. The normalized spacial score (nSPS) is 12.9. The van der Waals surface area contributed by atoms with E-state index in [2.05, 4.69) is 0 Å². The van der Waals surface area contributed by atoms with E-state index in [1.165, 1.54) is 0 Å². The summed E-state index contributed by atoms with van der Waals surface area (Å²) in [6.07, 6.45) is 1.73. The number of ether oxygens (including phenoxy) is 3. The zero-order chi connectivity index (χ0) is 19.2. The molecule has 27 heavy (non-hydrogen) atoms. The van der Waals surface area contributed by atoms with Gasteiger partial charge in [-0.2, -0.15) is 0 Å². The lowest BCUT2D eigenvalue weighted by atomic mass is 10.0. The van der Waals surface area contributed by atoms with Crippen LogP contribution in [0.25, 0.3) is 0 Å². The van der Waals surface area contributed by atoms with E-state index in [1.807, 2.05) is 18.2 Å². The Morgan fingerprint density at radius 3 is 2.56 bits per heavy atom. The average Bonchev–Trinajstić information content (AvgIpc) is 2.70. The highest BCUT2D eigenvalue weighted by Gasteiger charge is 2.23. The van der Waals surface area contributed by atoms with Gasteiger partial charge in [-0.3, -0.25) is 4.79 Å². The number of hydrogen-bond donors (Lipinski definition) is 0. The van der Waals surface area contributed by atoms with Crippen molar-refractivity contribution in [3.63, 3.8) is 0 Å². The van der Waals surface area contributed by atoms with Crippen molar-refractivity contribution in [2.75, 3.05) is 31.8 Å². The summed E-state index contributed by atoms with van der Waals surface area (Å²) in [4.78, 5) is 26.0. The number of amides is 1. The molecule has 142 valence electrons. The number of methoxy groups -OCH3 is 1. The summed E-state index contributed by atoms with van der Waals surface area (Å²) in [6, 6.07) is 12.2. The minimum atomic E-state index is -0.606. The second-order valence-electron chi connectivity index (χ2n) is 6.05. The monoisotopic (exact) mass is 389 g/mol. The molecule has 1 heterocycles. The molecule has 0 aromatic heterocycles. The van der Waals surface area contributed by atoms with Gasteiger partial charge in [-0.1, -0.05) is 11.6 Å². The molecule has 1 amide bonds. The number of anilines is 1. The molecule has 0 atom stereocenters. The molecule has 0 unspecified atom stereocenters. The third-order valence-corrected chi connectivity index (χ3v) is 4.49. The minimum Gasteiger partial charge on any atom is -0.497 e. The molecule has 0 fully saturated rings. The predicted molar refractivity (Wildman–Crippen MR) is 102 cm³/mol. The van der Waals surface area contributed by atoms with E-state index in [-0.39, 0.29) is 19.1 Å². The maximum atomic E-state index is 12.5. The van der Waals surface area contributed by atoms with E-state index in [1.54, 1.807) is 36.3 Å². The Balaban J connectivity index is 1.52. The highest BCUT2D eigenvalue weighted by Crippen LogP contribution is 2.30. The van der Waals surface area contributed by atoms with E-state index in [9.17, 15) is 9.59 Å². The van der Waals surface area contributed by atoms with Crippen LogP contribution in [0.4, 0.5) is 5.69 Å². The average molecular weight is 390 g/mol. The molecule has 6 nitrogen and oxygen atoms in total. The van der Waals surface area contributed by atoms with Crippen LogP contribution in [0.15, 0.2) is 42.5 Å². The maximum Gasteiger partial charge on any atom is 0.344 e. The number of halogens is 1. The van der Waals surface area contributed by atoms with Crippen LogP contribution in [-0.4, -0.2) is 38.7 Å². The Bertz CT molecular complexity index is 822. The first kappa shape index (κ1) is 19.0. The first-order valence-electron chi connectivity index (χ1n) is 8.58. The van der Waals surface area contributed by atoms with Gasteiger partial charge in [0, 0.05) is 17.3 Å². The van der Waals surface area contributed by atoms with E-state index < -0.39 is 5.97 Å². The molecule has 0 saturated heterocycles. The van der Waals surface area contributed by atoms with Crippen LogP contribution in [0.1, 0.15) is 12.0 Å². The molecule has 2 aromatic rings. The molecule has 0 bridgehead atoms. The topological polar surface area (TPSA) is 65.1 Å². The van der Waals surface area contributed by atoms with Crippen molar-refractivity contribution in [2.24, 2.45) is 0 Å². The van der Waals surface area contributed by atoms with Gasteiger partial charge in [0.05, 0.1) is 7.11 Å². The Kier molecular flexibility index (Phi) is 6.19. The molecular weight excluding hydrogens is 370 g/mol. The van der Waals surface area contributed by atoms with Crippen molar-refractivity contribution < 1.29 is 23.8 Å².